The van der Waals surface area contributed by atoms with Crippen LogP contribution in [0.4, 0.5) is 11.4 Å². The van der Waals surface area contributed by atoms with Crippen molar-refractivity contribution in [2.45, 2.75) is 13.0 Å². The fraction of sp³-hybridized carbons (Fsp3) is 0.176. The van der Waals surface area contributed by atoms with E-state index in [4.69, 9.17) is 11.6 Å². The summed E-state index contributed by atoms with van der Waals surface area (Å²) in [6, 6.07) is 8.55. The van der Waals surface area contributed by atoms with Crippen LogP contribution in [-0.2, 0) is 18.4 Å². The molecule has 0 aliphatic heterocycles. The largest absolute Gasteiger partial charge is 0.326 e. The van der Waals surface area contributed by atoms with E-state index < -0.39 is 0 Å². The second-order valence-electron chi connectivity index (χ2n) is 5.63. The fourth-order valence-corrected chi connectivity index (χ4v) is 2.46. The number of nitrogens with one attached hydrogen (secondary N) is 2. The summed E-state index contributed by atoms with van der Waals surface area (Å²) in [5, 5.41) is 14.1. The summed E-state index contributed by atoms with van der Waals surface area (Å²) in [6.07, 6.45) is 5.12. The van der Waals surface area contributed by atoms with Gasteiger partial charge in [-0.15, -0.1) is 0 Å². The van der Waals surface area contributed by atoms with E-state index in [-0.39, 0.29) is 18.2 Å². The maximum absolute atomic E-state index is 12.1. The van der Waals surface area contributed by atoms with Crippen LogP contribution in [0.1, 0.15) is 16.9 Å². The van der Waals surface area contributed by atoms with E-state index >= 15 is 0 Å². The molecule has 2 amide bonds. The molecule has 0 radical (unpaired) electrons. The Morgan fingerprint density at radius 3 is 2.62 bits per heavy atom. The van der Waals surface area contributed by atoms with Gasteiger partial charge in [-0.05, 0) is 24.3 Å². The molecule has 2 N–H and O–H groups in total. The Labute approximate surface area is 154 Å². The van der Waals surface area contributed by atoms with E-state index in [1.54, 1.807) is 59.1 Å². The Hall–Kier alpha value is -3.13. The van der Waals surface area contributed by atoms with Gasteiger partial charge in [0.05, 0.1) is 11.2 Å². The molecule has 26 heavy (non-hydrogen) atoms. The predicted octanol–water partition coefficient (Wildman–Crippen LogP) is 2.55. The van der Waals surface area contributed by atoms with Crippen molar-refractivity contribution in [1.29, 1.82) is 0 Å². The third kappa shape index (κ3) is 4.70. The first kappa shape index (κ1) is 17.7. The summed E-state index contributed by atoms with van der Waals surface area (Å²) in [4.78, 5) is 24.2. The van der Waals surface area contributed by atoms with Gasteiger partial charge >= 0.3 is 0 Å². The van der Waals surface area contributed by atoms with Crippen LogP contribution in [0.15, 0.2) is 48.9 Å². The van der Waals surface area contributed by atoms with Gasteiger partial charge in [0.15, 0.2) is 5.69 Å². The van der Waals surface area contributed by atoms with Gasteiger partial charge in [0.25, 0.3) is 5.91 Å². The standard InChI is InChI=1S/C17H17ClN6O2/c1-23-7-5-15(22-23)17(26)21-14-4-2-3-13(9-14)20-16(25)6-8-24-11-12(18)10-19-24/h2-5,7,9-11H,6,8H2,1H3,(H,20,25)(H,21,26). The highest BCUT2D eigenvalue weighted by atomic mass is 35.5. The van der Waals surface area contributed by atoms with E-state index in [2.05, 4.69) is 20.8 Å². The first-order valence-corrected chi connectivity index (χ1v) is 8.26. The second-order valence-corrected chi connectivity index (χ2v) is 6.07. The summed E-state index contributed by atoms with van der Waals surface area (Å²) >= 11 is 5.79. The Kier molecular flexibility index (Phi) is 5.33. The zero-order valence-electron chi connectivity index (χ0n) is 14.0. The maximum atomic E-state index is 12.1. The van der Waals surface area contributed by atoms with Crippen LogP contribution < -0.4 is 10.6 Å². The molecule has 0 aliphatic rings. The minimum atomic E-state index is -0.315. The van der Waals surface area contributed by atoms with Crippen molar-refractivity contribution in [3.05, 3.63) is 59.6 Å². The van der Waals surface area contributed by atoms with Gasteiger partial charge in [0.1, 0.15) is 0 Å². The predicted molar refractivity (Wildman–Crippen MR) is 98.1 cm³/mol. The normalized spacial score (nSPS) is 10.5. The first-order chi connectivity index (χ1) is 12.5. The van der Waals surface area contributed by atoms with E-state index in [1.165, 1.54) is 6.20 Å². The van der Waals surface area contributed by atoms with Gasteiger partial charge < -0.3 is 10.6 Å². The number of aromatic nitrogens is 4. The quantitative estimate of drug-likeness (QED) is 0.695. The molecule has 0 bridgehead atoms. The zero-order valence-corrected chi connectivity index (χ0v) is 14.8. The van der Waals surface area contributed by atoms with E-state index in [1.807, 2.05) is 0 Å². The van der Waals surface area contributed by atoms with E-state index in [0.717, 1.165) is 0 Å². The van der Waals surface area contributed by atoms with Gasteiger partial charge in [0.2, 0.25) is 5.91 Å². The average Bonchev–Trinajstić information content (AvgIpc) is 3.22. The number of halogens is 1. The van der Waals surface area contributed by atoms with Crippen LogP contribution >= 0.6 is 11.6 Å². The van der Waals surface area contributed by atoms with Gasteiger partial charge in [0, 0.05) is 43.8 Å². The van der Waals surface area contributed by atoms with Crippen molar-refractivity contribution < 1.29 is 9.59 Å². The molecule has 0 saturated carbocycles. The zero-order chi connectivity index (χ0) is 18.5. The number of carbonyl (C=O) groups excluding carboxylic acids is 2. The molecular formula is C17H17ClN6O2. The Morgan fingerprint density at radius 2 is 1.96 bits per heavy atom. The molecule has 0 unspecified atom stereocenters. The van der Waals surface area contributed by atoms with Gasteiger partial charge in [-0.25, -0.2) is 0 Å². The monoisotopic (exact) mass is 372 g/mol. The number of amides is 2. The topological polar surface area (TPSA) is 93.8 Å². The third-order valence-electron chi connectivity index (χ3n) is 3.52. The maximum Gasteiger partial charge on any atom is 0.276 e. The molecule has 0 aliphatic carbocycles. The summed E-state index contributed by atoms with van der Waals surface area (Å²) in [5.74, 6) is -0.477. The van der Waals surface area contributed by atoms with E-state index in [0.29, 0.717) is 28.6 Å². The highest BCUT2D eigenvalue weighted by molar-refractivity contribution is 6.30. The molecule has 1 aromatic carbocycles. The molecule has 8 nitrogen and oxygen atoms in total. The number of carbonyl (C=O) groups is 2. The number of aryl methyl sites for hydroxylation is 2. The van der Waals surface area contributed by atoms with Crippen LogP contribution in [0.5, 0.6) is 0 Å². The van der Waals surface area contributed by atoms with Crippen molar-refractivity contribution >= 4 is 34.8 Å². The van der Waals surface area contributed by atoms with Crippen LogP contribution in [0, 0.1) is 0 Å². The molecule has 2 aromatic heterocycles. The van der Waals surface area contributed by atoms with Crippen molar-refractivity contribution in [2.24, 2.45) is 7.05 Å². The molecule has 0 saturated heterocycles. The summed E-state index contributed by atoms with van der Waals surface area (Å²) < 4.78 is 3.16. The number of rotatable bonds is 6. The highest BCUT2D eigenvalue weighted by Gasteiger charge is 2.10. The molecular weight excluding hydrogens is 356 g/mol. The molecule has 9 heteroatoms. The van der Waals surface area contributed by atoms with Gasteiger partial charge in [-0.3, -0.25) is 19.0 Å². The van der Waals surface area contributed by atoms with Crippen molar-refractivity contribution in [3.63, 3.8) is 0 Å². The molecule has 2 heterocycles. The Balaban J connectivity index is 1.56. The van der Waals surface area contributed by atoms with Crippen molar-refractivity contribution in [1.82, 2.24) is 19.6 Å². The minimum Gasteiger partial charge on any atom is -0.326 e. The summed E-state index contributed by atoms with van der Waals surface area (Å²) in [6.45, 7) is 0.425. The number of hydrogen-bond acceptors (Lipinski definition) is 4. The number of hydrogen-bond donors (Lipinski definition) is 2. The average molecular weight is 373 g/mol. The molecule has 3 aromatic rings. The van der Waals surface area contributed by atoms with Gasteiger partial charge in [-0.2, -0.15) is 10.2 Å². The number of benzene rings is 1. The molecule has 0 atom stereocenters. The van der Waals surface area contributed by atoms with Gasteiger partial charge in [-0.1, -0.05) is 17.7 Å². The van der Waals surface area contributed by atoms with Crippen LogP contribution in [-0.4, -0.2) is 31.4 Å². The highest BCUT2D eigenvalue weighted by Crippen LogP contribution is 2.16. The van der Waals surface area contributed by atoms with Crippen LogP contribution in [0.2, 0.25) is 5.02 Å². The van der Waals surface area contributed by atoms with Crippen LogP contribution in [0.3, 0.4) is 0 Å². The number of anilines is 2. The second kappa shape index (κ2) is 7.83. The lowest BCUT2D eigenvalue weighted by molar-refractivity contribution is -0.116. The van der Waals surface area contributed by atoms with Crippen molar-refractivity contribution in [2.75, 3.05) is 10.6 Å². The lowest BCUT2D eigenvalue weighted by Gasteiger charge is -2.08. The number of nitrogens with zero attached hydrogens (tertiary/aromatic N) is 4. The van der Waals surface area contributed by atoms with Crippen molar-refractivity contribution in [3.8, 4) is 0 Å². The molecule has 0 spiro atoms. The smallest absolute Gasteiger partial charge is 0.276 e. The molecule has 134 valence electrons. The Morgan fingerprint density at radius 1 is 1.19 bits per heavy atom. The first-order valence-electron chi connectivity index (χ1n) is 7.88. The molecule has 3 rings (SSSR count). The fourth-order valence-electron chi connectivity index (χ4n) is 2.31. The Bertz CT molecular complexity index is 933. The summed E-state index contributed by atoms with van der Waals surface area (Å²) in [7, 11) is 1.74. The van der Waals surface area contributed by atoms with E-state index in [9.17, 15) is 9.59 Å². The third-order valence-corrected chi connectivity index (χ3v) is 3.72. The molecule has 0 fully saturated rings. The van der Waals surface area contributed by atoms with Crippen LogP contribution in [0.25, 0.3) is 0 Å². The minimum absolute atomic E-state index is 0.162. The SMILES string of the molecule is Cn1ccc(C(=O)Nc2cccc(NC(=O)CCn3cc(Cl)cn3)c2)n1. The lowest BCUT2D eigenvalue weighted by atomic mass is 10.2. The summed E-state index contributed by atoms with van der Waals surface area (Å²) in [5.41, 5.74) is 1.48. The lowest BCUT2D eigenvalue weighted by Crippen LogP contribution is -2.16.